The maximum absolute atomic E-state index is 5.38. The Hall–Kier alpha value is -0.120. The number of likely N-dealkylation sites (tertiary alicyclic amines) is 1. The molecular formula is C13H28N2O. The molecule has 16 heavy (non-hydrogen) atoms. The SMILES string of the molecule is CNCC1CCCCN1C(COC)C(C)C. The van der Waals surface area contributed by atoms with Crippen LogP contribution in [0.2, 0.25) is 0 Å². The average molecular weight is 228 g/mol. The molecule has 1 saturated heterocycles. The molecular weight excluding hydrogens is 200 g/mol. The van der Waals surface area contributed by atoms with Crippen molar-refractivity contribution in [3.8, 4) is 0 Å². The number of nitrogens with one attached hydrogen (secondary N) is 1. The maximum atomic E-state index is 5.38. The third kappa shape index (κ3) is 3.72. The zero-order valence-corrected chi connectivity index (χ0v) is 11.3. The van der Waals surface area contributed by atoms with Gasteiger partial charge in [-0.1, -0.05) is 20.3 Å². The van der Waals surface area contributed by atoms with Crippen molar-refractivity contribution >= 4 is 0 Å². The molecule has 1 N–H and O–H groups in total. The summed E-state index contributed by atoms with van der Waals surface area (Å²) in [4.78, 5) is 2.66. The smallest absolute Gasteiger partial charge is 0.0620 e. The van der Waals surface area contributed by atoms with Crippen LogP contribution in [0, 0.1) is 5.92 Å². The van der Waals surface area contributed by atoms with Gasteiger partial charge in [0.05, 0.1) is 6.61 Å². The van der Waals surface area contributed by atoms with Gasteiger partial charge in [-0.3, -0.25) is 4.90 Å². The van der Waals surface area contributed by atoms with Crippen LogP contribution in [0.5, 0.6) is 0 Å². The summed E-state index contributed by atoms with van der Waals surface area (Å²) in [5, 5.41) is 3.32. The predicted molar refractivity (Wildman–Crippen MR) is 68.8 cm³/mol. The van der Waals surface area contributed by atoms with Gasteiger partial charge in [0.15, 0.2) is 0 Å². The number of methoxy groups -OCH3 is 1. The monoisotopic (exact) mass is 228 g/mol. The van der Waals surface area contributed by atoms with Crippen LogP contribution in [0.1, 0.15) is 33.1 Å². The van der Waals surface area contributed by atoms with Gasteiger partial charge in [-0.25, -0.2) is 0 Å². The Bertz CT molecular complexity index is 183. The van der Waals surface area contributed by atoms with Crippen LogP contribution >= 0.6 is 0 Å². The minimum Gasteiger partial charge on any atom is -0.383 e. The highest BCUT2D eigenvalue weighted by Gasteiger charge is 2.29. The van der Waals surface area contributed by atoms with Gasteiger partial charge in [-0.15, -0.1) is 0 Å². The van der Waals surface area contributed by atoms with Crippen molar-refractivity contribution in [2.24, 2.45) is 5.92 Å². The van der Waals surface area contributed by atoms with E-state index in [9.17, 15) is 0 Å². The normalized spacial score (nSPS) is 24.9. The number of ether oxygens (including phenoxy) is 1. The van der Waals surface area contributed by atoms with E-state index in [0.717, 1.165) is 13.2 Å². The van der Waals surface area contributed by atoms with Gasteiger partial charge in [0.1, 0.15) is 0 Å². The minimum atomic E-state index is 0.573. The number of hydrogen-bond donors (Lipinski definition) is 1. The Labute approximate surface area is 101 Å². The zero-order valence-electron chi connectivity index (χ0n) is 11.3. The zero-order chi connectivity index (χ0) is 12.0. The molecule has 3 heteroatoms. The second-order valence-electron chi connectivity index (χ2n) is 5.21. The third-order valence-electron chi connectivity index (χ3n) is 3.65. The van der Waals surface area contributed by atoms with Gasteiger partial charge < -0.3 is 10.1 Å². The molecule has 2 atom stereocenters. The van der Waals surface area contributed by atoms with Gasteiger partial charge >= 0.3 is 0 Å². The van der Waals surface area contributed by atoms with Crippen molar-refractivity contribution in [1.29, 1.82) is 0 Å². The molecule has 0 aromatic rings. The Morgan fingerprint density at radius 3 is 2.69 bits per heavy atom. The Morgan fingerprint density at radius 2 is 2.12 bits per heavy atom. The second kappa shape index (κ2) is 7.25. The lowest BCUT2D eigenvalue weighted by molar-refractivity contribution is 0.0190. The summed E-state index contributed by atoms with van der Waals surface area (Å²) in [6.07, 6.45) is 4.04. The summed E-state index contributed by atoms with van der Waals surface area (Å²) < 4.78 is 5.38. The number of rotatable bonds is 6. The largest absolute Gasteiger partial charge is 0.383 e. The molecule has 0 aromatic carbocycles. The quantitative estimate of drug-likeness (QED) is 0.749. The topological polar surface area (TPSA) is 24.5 Å². The Balaban J connectivity index is 2.62. The first-order valence-electron chi connectivity index (χ1n) is 6.60. The van der Waals surface area contributed by atoms with Gasteiger partial charge in [-0.05, 0) is 32.4 Å². The number of piperidine rings is 1. The number of likely N-dealkylation sites (N-methyl/N-ethyl adjacent to an activating group) is 1. The van der Waals surface area contributed by atoms with Gasteiger partial charge in [0.25, 0.3) is 0 Å². The van der Waals surface area contributed by atoms with E-state index in [2.05, 4.69) is 24.1 Å². The number of nitrogens with zero attached hydrogens (tertiary/aromatic N) is 1. The molecule has 0 spiro atoms. The van der Waals surface area contributed by atoms with Crippen molar-refractivity contribution in [3.05, 3.63) is 0 Å². The summed E-state index contributed by atoms with van der Waals surface area (Å²) in [5.41, 5.74) is 0. The first-order chi connectivity index (χ1) is 7.70. The lowest BCUT2D eigenvalue weighted by Gasteiger charge is -2.42. The molecule has 0 bridgehead atoms. The third-order valence-corrected chi connectivity index (χ3v) is 3.65. The average Bonchev–Trinajstić information content (AvgIpc) is 2.27. The molecule has 0 amide bonds. The molecule has 1 aliphatic rings. The lowest BCUT2D eigenvalue weighted by atomic mass is 9.95. The second-order valence-corrected chi connectivity index (χ2v) is 5.21. The first-order valence-corrected chi connectivity index (χ1v) is 6.60. The highest BCUT2D eigenvalue weighted by atomic mass is 16.5. The van der Waals surface area contributed by atoms with Crippen LogP contribution in [0.25, 0.3) is 0 Å². The van der Waals surface area contributed by atoms with Crippen molar-refractivity contribution < 1.29 is 4.74 Å². The summed E-state index contributed by atoms with van der Waals surface area (Å²) in [6, 6.07) is 1.27. The first kappa shape index (κ1) is 13.9. The molecule has 1 rings (SSSR count). The van der Waals surface area contributed by atoms with Crippen molar-refractivity contribution in [2.45, 2.75) is 45.2 Å². The van der Waals surface area contributed by atoms with E-state index in [1.165, 1.54) is 25.8 Å². The van der Waals surface area contributed by atoms with E-state index in [1.54, 1.807) is 0 Å². The molecule has 0 saturated carbocycles. The molecule has 0 aliphatic carbocycles. The molecule has 1 fully saturated rings. The summed E-state index contributed by atoms with van der Waals surface area (Å²) in [5.74, 6) is 0.664. The molecule has 0 aromatic heterocycles. The van der Waals surface area contributed by atoms with Gasteiger partial charge in [0, 0.05) is 25.7 Å². The lowest BCUT2D eigenvalue weighted by Crippen LogP contribution is -2.53. The molecule has 2 unspecified atom stereocenters. The van der Waals surface area contributed by atoms with Crippen molar-refractivity contribution in [1.82, 2.24) is 10.2 Å². The van der Waals surface area contributed by atoms with Gasteiger partial charge in [0.2, 0.25) is 0 Å². The van der Waals surface area contributed by atoms with E-state index in [0.29, 0.717) is 18.0 Å². The molecule has 0 radical (unpaired) electrons. The number of hydrogen-bond acceptors (Lipinski definition) is 3. The van der Waals surface area contributed by atoms with Crippen LogP contribution in [0.4, 0.5) is 0 Å². The van der Waals surface area contributed by atoms with Crippen LogP contribution in [-0.4, -0.2) is 50.8 Å². The summed E-state index contributed by atoms with van der Waals surface area (Å²) >= 11 is 0. The Morgan fingerprint density at radius 1 is 1.38 bits per heavy atom. The van der Waals surface area contributed by atoms with E-state index >= 15 is 0 Å². The Kier molecular flexibility index (Phi) is 6.32. The fraction of sp³-hybridized carbons (Fsp3) is 1.00. The van der Waals surface area contributed by atoms with Crippen LogP contribution in [-0.2, 0) is 4.74 Å². The maximum Gasteiger partial charge on any atom is 0.0620 e. The predicted octanol–water partition coefficient (Wildman–Crippen LogP) is 1.73. The van der Waals surface area contributed by atoms with Crippen molar-refractivity contribution in [2.75, 3.05) is 33.9 Å². The van der Waals surface area contributed by atoms with Crippen LogP contribution in [0.15, 0.2) is 0 Å². The van der Waals surface area contributed by atoms with E-state index in [1.807, 2.05) is 14.2 Å². The fourth-order valence-electron chi connectivity index (χ4n) is 2.76. The van der Waals surface area contributed by atoms with Crippen LogP contribution < -0.4 is 5.32 Å². The highest BCUT2D eigenvalue weighted by molar-refractivity contribution is 4.85. The molecule has 96 valence electrons. The summed E-state index contributed by atoms with van der Waals surface area (Å²) in [7, 11) is 3.86. The molecule has 1 aliphatic heterocycles. The summed E-state index contributed by atoms with van der Waals surface area (Å²) in [6.45, 7) is 7.80. The van der Waals surface area contributed by atoms with Crippen LogP contribution in [0.3, 0.4) is 0 Å². The van der Waals surface area contributed by atoms with E-state index in [4.69, 9.17) is 4.74 Å². The van der Waals surface area contributed by atoms with Crippen molar-refractivity contribution in [3.63, 3.8) is 0 Å². The standard InChI is InChI=1S/C13H28N2O/c1-11(2)13(10-16-4)15-8-6-5-7-12(15)9-14-3/h11-14H,5-10H2,1-4H3. The van der Waals surface area contributed by atoms with E-state index in [-0.39, 0.29) is 0 Å². The minimum absolute atomic E-state index is 0.573. The molecule has 1 heterocycles. The van der Waals surface area contributed by atoms with E-state index < -0.39 is 0 Å². The molecule has 3 nitrogen and oxygen atoms in total. The fourth-order valence-corrected chi connectivity index (χ4v) is 2.76. The van der Waals surface area contributed by atoms with Gasteiger partial charge in [-0.2, -0.15) is 0 Å². The highest BCUT2D eigenvalue weighted by Crippen LogP contribution is 2.23.